The van der Waals surface area contributed by atoms with Crippen molar-refractivity contribution in [2.24, 2.45) is 0 Å². The Morgan fingerprint density at radius 1 is 0.880 bits per heavy atom. The zero-order valence-electron chi connectivity index (χ0n) is 15.6. The third-order valence-electron chi connectivity index (χ3n) is 4.40. The van der Waals surface area contributed by atoms with Crippen LogP contribution < -0.4 is 5.32 Å². The highest BCUT2D eigenvalue weighted by molar-refractivity contribution is 5.93. The standard InChI is InChI=1S/C21H33NO3/c1-2-3-4-5-6-7-8-9-10-11-12-16-20(23)22-19-15-13-14-18(17-19)21(24)25/h13-15,17H,2-12,16H2,1H3,(H,22,23)(H,24,25). The summed E-state index contributed by atoms with van der Waals surface area (Å²) in [5.41, 5.74) is 0.737. The molecule has 0 atom stereocenters. The predicted molar refractivity (Wildman–Crippen MR) is 103 cm³/mol. The number of amides is 1. The molecule has 0 bridgehead atoms. The molecule has 4 heteroatoms. The Morgan fingerprint density at radius 2 is 1.44 bits per heavy atom. The Morgan fingerprint density at radius 3 is 2.00 bits per heavy atom. The first kappa shape index (κ1) is 21.2. The average molecular weight is 347 g/mol. The van der Waals surface area contributed by atoms with Gasteiger partial charge >= 0.3 is 5.97 Å². The Bertz CT molecular complexity index is 514. The smallest absolute Gasteiger partial charge is 0.335 e. The van der Waals surface area contributed by atoms with Crippen LogP contribution in [0.2, 0.25) is 0 Å². The number of carbonyl (C=O) groups is 2. The van der Waals surface area contributed by atoms with E-state index in [1.807, 2.05) is 0 Å². The average Bonchev–Trinajstić information content (AvgIpc) is 2.60. The summed E-state index contributed by atoms with van der Waals surface area (Å²) in [5.74, 6) is -1.03. The zero-order chi connectivity index (χ0) is 18.3. The van der Waals surface area contributed by atoms with Gasteiger partial charge in [0.15, 0.2) is 0 Å². The maximum absolute atomic E-state index is 11.9. The number of anilines is 1. The van der Waals surface area contributed by atoms with Crippen molar-refractivity contribution < 1.29 is 14.7 Å². The monoisotopic (exact) mass is 347 g/mol. The number of carbonyl (C=O) groups excluding carboxylic acids is 1. The van der Waals surface area contributed by atoms with Crippen LogP contribution in [-0.2, 0) is 4.79 Å². The molecule has 0 aromatic heterocycles. The number of carboxylic acid groups (broad SMARTS) is 1. The van der Waals surface area contributed by atoms with Crippen molar-refractivity contribution in [1.82, 2.24) is 0 Å². The number of rotatable bonds is 14. The van der Waals surface area contributed by atoms with Crippen molar-refractivity contribution in [1.29, 1.82) is 0 Å². The van der Waals surface area contributed by atoms with Gasteiger partial charge in [0.1, 0.15) is 0 Å². The van der Waals surface area contributed by atoms with E-state index in [4.69, 9.17) is 5.11 Å². The second-order valence-corrected chi connectivity index (χ2v) is 6.72. The molecule has 1 rings (SSSR count). The minimum atomic E-state index is -0.985. The van der Waals surface area contributed by atoms with E-state index in [9.17, 15) is 9.59 Å². The van der Waals surface area contributed by atoms with Crippen LogP contribution in [0.1, 0.15) is 94.3 Å². The first-order valence-electron chi connectivity index (χ1n) is 9.76. The lowest BCUT2D eigenvalue weighted by atomic mass is 10.1. The Labute approximate surface area is 152 Å². The molecule has 1 aromatic rings. The minimum Gasteiger partial charge on any atom is -0.478 e. The Hall–Kier alpha value is -1.84. The van der Waals surface area contributed by atoms with Gasteiger partial charge in [-0.25, -0.2) is 4.79 Å². The maximum Gasteiger partial charge on any atom is 0.335 e. The number of unbranched alkanes of at least 4 members (excludes halogenated alkanes) is 10. The van der Waals surface area contributed by atoms with Gasteiger partial charge in [-0.15, -0.1) is 0 Å². The highest BCUT2D eigenvalue weighted by Crippen LogP contribution is 2.14. The second-order valence-electron chi connectivity index (χ2n) is 6.72. The van der Waals surface area contributed by atoms with Crippen molar-refractivity contribution in [3.05, 3.63) is 29.8 Å². The molecular formula is C21H33NO3. The molecule has 0 unspecified atom stereocenters. The summed E-state index contributed by atoms with van der Waals surface area (Å²) < 4.78 is 0. The zero-order valence-corrected chi connectivity index (χ0v) is 15.6. The summed E-state index contributed by atoms with van der Waals surface area (Å²) in [4.78, 5) is 22.8. The second kappa shape index (κ2) is 13.5. The summed E-state index contributed by atoms with van der Waals surface area (Å²) in [7, 11) is 0. The van der Waals surface area contributed by atoms with Crippen LogP contribution in [0.25, 0.3) is 0 Å². The molecule has 0 aliphatic heterocycles. The number of carboxylic acids is 1. The molecule has 0 saturated carbocycles. The normalized spacial score (nSPS) is 10.6. The molecule has 0 heterocycles. The number of hydrogen-bond donors (Lipinski definition) is 2. The van der Waals surface area contributed by atoms with Crippen LogP contribution in [0.15, 0.2) is 24.3 Å². The van der Waals surface area contributed by atoms with Crippen molar-refractivity contribution in [3.8, 4) is 0 Å². The summed E-state index contributed by atoms with van der Waals surface area (Å²) in [6.07, 6.45) is 14.3. The fourth-order valence-corrected chi connectivity index (χ4v) is 2.90. The number of benzene rings is 1. The van der Waals surface area contributed by atoms with Gasteiger partial charge < -0.3 is 10.4 Å². The van der Waals surface area contributed by atoms with E-state index < -0.39 is 5.97 Å². The molecule has 25 heavy (non-hydrogen) atoms. The predicted octanol–water partition coefficient (Wildman–Crippen LogP) is 6.02. The SMILES string of the molecule is CCCCCCCCCCCCCC(=O)Nc1cccc(C(=O)O)c1. The van der Waals surface area contributed by atoms with Crippen molar-refractivity contribution in [2.45, 2.75) is 84.0 Å². The van der Waals surface area contributed by atoms with Gasteiger partial charge in [0.05, 0.1) is 5.56 Å². The van der Waals surface area contributed by atoms with E-state index in [-0.39, 0.29) is 11.5 Å². The molecule has 2 N–H and O–H groups in total. The highest BCUT2D eigenvalue weighted by atomic mass is 16.4. The number of nitrogens with one attached hydrogen (secondary N) is 1. The molecule has 0 saturated heterocycles. The third-order valence-corrected chi connectivity index (χ3v) is 4.40. The van der Waals surface area contributed by atoms with Gasteiger partial charge in [0, 0.05) is 12.1 Å². The topological polar surface area (TPSA) is 66.4 Å². The quantitative estimate of drug-likeness (QED) is 0.404. The minimum absolute atomic E-state index is 0.0431. The van der Waals surface area contributed by atoms with E-state index in [0.29, 0.717) is 12.1 Å². The van der Waals surface area contributed by atoms with E-state index in [1.54, 1.807) is 12.1 Å². The molecule has 0 radical (unpaired) electrons. The third kappa shape index (κ3) is 10.6. The molecule has 0 fully saturated rings. The number of aromatic carboxylic acids is 1. The Balaban J connectivity index is 2.02. The highest BCUT2D eigenvalue weighted by Gasteiger charge is 2.06. The van der Waals surface area contributed by atoms with Crippen LogP contribution in [0.3, 0.4) is 0 Å². The lowest BCUT2D eigenvalue weighted by Gasteiger charge is -2.06. The van der Waals surface area contributed by atoms with Crippen molar-refractivity contribution in [2.75, 3.05) is 5.32 Å². The summed E-state index contributed by atoms with van der Waals surface area (Å²) in [6, 6.07) is 6.36. The molecule has 1 aromatic carbocycles. The first-order chi connectivity index (χ1) is 12.1. The van der Waals surface area contributed by atoms with Crippen LogP contribution in [0, 0.1) is 0 Å². The van der Waals surface area contributed by atoms with E-state index >= 15 is 0 Å². The van der Waals surface area contributed by atoms with Gasteiger partial charge in [-0.3, -0.25) is 4.79 Å². The van der Waals surface area contributed by atoms with E-state index in [1.165, 1.54) is 69.9 Å². The molecule has 4 nitrogen and oxygen atoms in total. The number of hydrogen-bond acceptors (Lipinski definition) is 2. The lowest BCUT2D eigenvalue weighted by molar-refractivity contribution is -0.116. The van der Waals surface area contributed by atoms with Gasteiger partial charge in [-0.2, -0.15) is 0 Å². The van der Waals surface area contributed by atoms with E-state index in [0.717, 1.165) is 12.8 Å². The Kier molecular flexibility index (Phi) is 11.4. The van der Waals surface area contributed by atoms with Crippen LogP contribution in [-0.4, -0.2) is 17.0 Å². The fourth-order valence-electron chi connectivity index (χ4n) is 2.90. The van der Waals surface area contributed by atoms with Crippen LogP contribution >= 0.6 is 0 Å². The van der Waals surface area contributed by atoms with Crippen molar-refractivity contribution >= 4 is 17.6 Å². The molecular weight excluding hydrogens is 314 g/mol. The molecule has 0 aliphatic rings. The fraction of sp³-hybridized carbons (Fsp3) is 0.619. The molecule has 0 aliphatic carbocycles. The van der Waals surface area contributed by atoms with E-state index in [2.05, 4.69) is 12.2 Å². The van der Waals surface area contributed by atoms with Gasteiger partial charge in [0.25, 0.3) is 0 Å². The van der Waals surface area contributed by atoms with Gasteiger partial charge in [0.2, 0.25) is 5.91 Å². The first-order valence-corrected chi connectivity index (χ1v) is 9.76. The van der Waals surface area contributed by atoms with Gasteiger partial charge in [-0.1, -0.05) is 77.2 Å². The van der Waals surface area contributed by atoms with Crippen LogP contribution in [0.5, 0.6) is 0 Å². The summed E-state index contributed by atoms with van der Waals surface area (Å²) in [6.45, 7) is 2.24. The van der Waals surface area contributed by atoms with Crippen LogP contribution in [0.4, 0.5) is 5.69 Å². The summed E-state index contributed by atoms with van der Waals surface area (Å²) >= 11 is 0. The molecule has 1 amide bonds. The largest absolute Gasteiger partial charge is 0.478 e. The molecule has 0 spiro atoms. The molecule has 140 valence electrons. The van der Waals surface area contributed by atoms with Crippen molar-refractivity contribution in [3.63, 3.8) is 0 Å². The van der Waals surface area contributed by atoms with Gasteiger partial charge in [-0.05, 0) is 24.6 Å². The lowest BCUT2D eigenvalue weighted by Crippen LogP contribution is -2.11. The maximum atomic E-state index is 11.9. The summed E-state index contributed by atoms with van der Waals surface area (Å²) in [5, 5.41) is 11.7.